The summed E-state index contributed by atoms with van der Waals surface area (Å²) in [5.41, 5.74) is 2.39. The Labute approximate surface area is 187 Å². The number of aromatic nitrogens is 2. The van der Waals surface area contributed by atoms with Crippen LogP contribution in [-0.2, 0) is 9.53 Å². The molecule has 0 atom stereocenters. The van der Waals surface area contributed by atoms with Crippen molar-refractivity contribution in [3.8, 4) is 28.5 Å². The topological polar surface area (TPSA) is 104 Å². The zero-order valence-electron chi connectivity index (χ0n) is 17.3. The van der Waals surface area contributed by atoms with Crippen molar-refractivity contribution < 1.29 is 23.5 Å². The van der Waals surface area contributed by atoms with Crippen LogP contribution < -0.4 is 10.1 Å². The molecule has 2 aromatic heterocycles. The molecule has 1 amide bonds. The number of methoxy groups -OCH3 is 1. The van der Waals surface area contributed by atoms with Crippen LogP contribution in [-0.4, -0.2) is 35.6 Å². The van der Waals surface area contributed by atoms with Gasteiger partial charge in [-0.15, -0.1) is 11.3 Å². The fourth-order valence-corrected chi connectivity index (χ4v) is 3.61. The number of nitrogens with one attached hydrogen (secondary N) is 1. The predicted molar refractivity (Wildman–Crippen MR) is 120 cm³/mol. The summed E-state index contributed by atoms with van der Waals surface area (Å²) in [6, 6.07) is 16.6. The van der Waals surface area contributed by atoms with Crippen molar-refractivity contribution in [2.45, 2.75) is 6.92 Å². The van der Waals surface area contributed by atoms with Gasteiger partial charge < -0.3 is 13.9 Å². The number of oxazole rings is 1. The summed E-state index contributed by atoms with van der Waals surface area (Å²) in [4.78, 5) is 33.2. The van der Waals surface area contributed by atoms with E-state index >= 15 is 0 Å². The van der Waals surface area contributed by atoms with Crippen LogP contribution in [0, 0.1) is 6.92 Å². The average Bonchev–Trinajstić information content (AvgIpc) is 3.45. The minimum absolute atomic E-state index is 0.0349. The van der Waals surface area contributed by atoms with E-state index < -0.39 is 18.5 Å². The van der Waals surface area contributed by atoms with Gasteiger partial charge in [0, 0.05) is 16.5 Å². The molecule has 0 saturated carbocycles. The maximum atomic E-state index is 12.4. The van der Waals surface area contributed by atoms with Gasteiger partial charge in [0.1, 0.15) is 11.5 Å². The van der Waals surface area contributed by atoms with E-state index in [1.807, 2.05) is 60.0 Å². The lowest BCUT2D eigenvalue weighted by molar-refractivity contribution is -0.119. The number of nitrogens with zero attached hydrogens (tertiary/aromatic N) is 2. The molecule has 4 aromatic rings. The van der Waals surface area contributed by atoms with Crippen LogP contribution >= 0.6 is 11.3 Å². The molecule has 32 heavy (non-hydrogen) atoms. The third kappa shape index (κ3) is 4.84. The summed E-state index contributed by atoms with van der Waals surface area (Å²) in [6.45, 7) is 1.15. The predicted octanol–water partition coefficient (Wildman–Crippen LogP) is 4.58. The number of benzene rings is 2. The van der Waals surface area contributed by atoms with Crippen LogP contribution in [0.2, 0.25) is 0 Å². The molecule has 0 aliphatic rings. The molecule has 9 heteroatoms. The Kier molecular flexibility index (Phi) is 6.27. The molecule has 0 bridgehead atoms. The summed E-state index contributed by atoms with van der Waals surface area (Å²) in [7, 11) is 1.60. The Morgan fingerprint density at radius 3 is 2.50 bits per heavy atom. The zero-order chi connectivity index (χ0) is 22.5. The highest BCUT2D eigenvalue weighted by molar-refractivity contribution is 7.14. The number of ether oxygens (including phenoxy) is 2. The van der Waals surface area contributed by atoms with Crippen LogP contribution in [0.3, 0.4) is 0 Å². The standard InChI is InChI=1S/C23H19N3O5S/c1-14-20(26-21(31-14)16-6-4-3-5-7-16)22(28)30-12-19(27)25-23-24-18(13-32-23)15-8-10-17(29-2)11-9-15/h3-11,13H,12H2,1-2H3,(H,24,25,27). The van der Waals surface area contributed by atoms with Crippen molar-refractivity contribution in [1.29, 1.82) is 0 Å². The number of thiazole rings is 1. The van der Waals surface area contributed by atoms with E-state index in [0.717, 1.165) is 22.6 Å². The second-order valence-corrected chi connectivity index (χ2v) is 7.54. The highest BCUT2D eigenvalue weighted by Crippen LogP contribution is 2.26. The Hall–Kier alpha value is -3.98. The van der Waals surface area contributed by atoms with E-state index in [-0.39, 0.29) is 5.69 Å². The SMILES string of the molecule is COc1ccc(-c2csc(NC(=O)COC(=O)c3nc(-c4ccccc4)oc3C)n2)cc1. The van der Waals surface area contributed by atoms with E-state index in [9.17, 15) is 9.59 Å². The Morgan fingerprint density at radius 2 is 1.78 bits per heavy atom. The number of rotatable bonds is 7. The highest BCUT2D eigenvalue weighted by Gasteiger charge is 2.20. The van der Waals surface area contributed by atoms with Crippen molar-refractivity contribution in [3.05, 3.63) is 71.4 Å². The van der Waals surface area contributed by atoms with E-state index in [4.69, 9.17) is 13.9 Å². The number of anilines is 1. The molecule has 0 aliphatic heterocycles. The van der Waals surface area contributed by atoms with Gasteiger partial charge in [-0.05, 0) is 43.3 Å². The Morgan fingerprint density at radius 1 is 1.03 bits per heavy atom. The molecule has 0 aliphatic carbocycles. The Balaban J connectivity index is 1.34. The molecular formula is C23H19N3O5S. The van der Waals surface area contributed by atoms with Gasteiger partial charge in [-0.3, -0.25) is 10.1 Å². The molecule has 1 N–H and O–H groups in total. The highest BCUT2D eigenvalue weighted by atomic mass is 32.1. The first-order chi connectivity index (χ1) is 15.5. The van der Waals surface area contributed by atoms with Crippen LogP contribution in [0.5, 0.6) is 5.75 Å². The smallest absolute Gasteiger partial charge is 0.361 e. The van der Waals surface area contributed by atoms with Gasteiger partial charge in [-0.25, -0.2) is 14.8 Å². The van der Waals surface area contributed by atoms with Gasteiger partial charge in [-0.2, -0.15) is 0 Å². The summed E-state index contributed by atoms with van der Waals surface area (Å²) in [5, 5.41) is 4.86. The number of hydrogen-bond acceptors (Lipinski definition) is 8. The molecule has 0 fully saturated rings. The van der Waals surface area contributed by atoms with Crippen molar-refractivity contribution in [3.63, 3.8) is 0 Å². The van der Waals surface area contributed by atoms with Crippen molar-refractivity contribution in [2.75, 3.05) is 19.0 Å². The lowest BCUT2D eigenvalue weighted by Gasteiger charge is -2.03. The molecular weight excluding hydrogens is 430 g/mol. The fraction of sp³-hybridized carbons (Fsp3) is 0.130. The zero-order valence-corrected chi connectivity index (χ0v) is 18.1. The quantitative estimate of drug-likeness (QED) is 0.412. The largest absolute Gasteiger partial charge is 0.497 e. The molecule has 162 valence electrons. The van der Waals surface area contributed by atoms with Gasteiger partial charge in [0.25, 0.3) is 5.91 Å². The van der Waals surface area contributed by atoms with E-state index in [0.29, 0.717) is 16.8 Å². The summed E-state index contributed by atoms with van der Waals surface area (Å²) >= 11 is 1.27. The van der Waals surface area contributed by atoms with E-state index in [2.05, 4.69) is 15.3 Å². The molecule has 4 rings (SSSR count). The molecule has 0 unspecified atom stereocenters. The normalized spacial score (nSPS) is 10.6. The number of aryl methyl sites for hydroxylation is 1. The minimum atomic E-state index is -0.735. The van der Waals surface area contributed by atoms with Crippen LogP contribution in [0.25, 0.3) is 22.7 Å². The fourth-order valence-electron chi connectivity index (χ4n) is 2.87. The first-order valence-electron chi connectivity index (χ1n) is 9.63. The maximum absolute atomic E-state index is 12.4. The summed E-state index contributed by atoms with van der Waals surface area (Å²) in [6.07, 6.45) is 0. The van der Waals surface area contributed by atoms with Crippen LogP contribution in [0.4, 0.5) is 5.13 Å². The van der Waals surface area contributed by atoms with E-state index in [1.54, 1.807) is 14.0 Å². The molecule has 2 aromatic carbocycles. The van der Waals surface area contributed by atoms with Gasteiger partial charge in [-0.1, -0.05) is 18.2 Å². The van der Waals surface area contributed by atoms with Gasteiger partial charge in [0.2, 0.25) is 5.89 Å². The first kappa shape index (κ1) is 21.3. The lowest BCUT2D eigenvalue weighted by atomic mass is 10.2. The number of carbonyl (C=O) groups excluding carboxylic acids is 2. The van der Waals surface area contributed by atoms with Crippen molar-refractivity contribution >= 4 is 28.3 Å². The second-order valence-electron chi connectivity index (χ2n) is 6.68. The van der Waals surface area contributed by atoms with Gasteiger partial charge >= 0.3 is 5.97 Å². The number of esters is 1. The van der Waals surface area contributed by atoms with Gasteiger partial charge in [0.05, 0.1) is 12.8 Å². The summed E-state index contributed by atoms with van der Waals surface area (Å²) in [5.74, 6) is 0.143. The third-order valence-electron chi connectivity index (χ3n) is 4.48. The monoisotopic (exact) mass is 449 g/mol. The number of carbonyl (C=O) groups is 2. The molecule has 2 heterocycles. The maximum Gasteiger partial charge on any atom is 0.361 e. The third-order valence-corrected chi connectivity index (χ3v) is 5.24. The van der Waals surface area contributed by atoms with Crippen LogP contribution in [0.15, 0.2) is 64.4 Å². The number of amides is 1. The van der Waals surface area contributed by atoms with Crippen molar-refractivity contribution in [1.82, 2.24) is 9.97 Å². The lowest BCUT2D eigenvalue weighted by Crippen LogP contribution is -2.21. The minimum Gasteiger partial charge on any atom is -0.497 e. The molecule has 0 radical (unpaired) electrons. The second kappa shape index (κ2) is 9.44. The number of hydrogen-bond donors (Lipinski definition) is 1. The van der Waals surface area contributed by atoms with Gasteiger partial charge in [0.15, 0.2) is 17.4 Å². The van der Waals surface area contributed by atoms with E-state index in [1.165, 1.54) is 11.3 Å². The first-order valence-corrected chi connectivity index (χ1v) is 10.5. The molecule has 0 saturated heterocycles. The molecule has 0 spiro atoms. The molecule has 8 nitrogen and oxygen atoms in total. The van der Waals surface area contributed by atoms with Crippen LogP contribution in [0.1, 0.15) is 16.2 Å². The van der Waals surface area contributed by atoms with Crippen molar-refractivity contribution in [2.24, 2.45) is 0 Å². The summed E-state index contributed by atoms with van der Waals surface area (Å²) < 4.78 is 15.8. The average molecular weight is 449 g/mol. The Bertz CT molecular complexity index is 1230.